The third kappa shape index (κ3) is 3.15. The van der Waals surface area contributed by atoms with Crippen molar-refractivity contribution in [1.82, 2.24) is 5.32 Å². The van der Waals surface area contributed by atoms with Gasteiger partial charge in [-0.05, 0) is 29.0 Å². The normalized spacial score (nSPS) is 11.1. The van der Waals surface area contributed by atoms with Crippen molar-refractivity contribution in [2.75, 3.05) is 6.54 Å². The van der Waals surface area contributed by atoms with Gasteiger partial charge in [0.25, 0.3) is 6.43 Å². The van der Waals surface area contributed by atoms with Gasteiger partial charge < -0.3 is 5.32 Å². The quantitative estimate of drug-likeness (QED) is 0.860. The maximum Gasteiger partial charge on any atom is 0.250 e. The average molecular weight is 267 g/mol. The van der Waals surface area contributed by atoms with E-state index < -0.39 is 6.43 Å². The van der Waals surface area contributed by atoms with Crippen molar-refractivity contribution in [2.45, 2.75) is 19.9 Å². The second-order valence-electron chi connectivity index (χ2n) is 4.10. The monoisotopic (exact) mass is 267 g/mol. The SMILES string of the molecule is Cc1c(CNCC(F)F)csc1-c1ccccc1. The summed E-state index contributed by atoms with van der Waals surface area (Å²) in [4.78, 5) is 1.21. The van der Waals surface area contributed by atoms with E-state index in [1.54, 1.807) is 11.3 Å². The summed E-state index contributed by atoms with van der Waals surface area (Å²) in [5.74, 6) is 0. The van der Waals surface area contributed by atoms with Crippen LogP contribution in [0.25, 0.3) is 10.4 Å². The summed E-state index contributed by atoms with van der Waals surface area (Å²) in [5, 5.41) is 4.80. The van der Waals surface area contributed by atoms with Gasteiger partial charge in [-0.15, -0.1) is 11.3 Å². The van der Waals surface area contributed by atoms with Crippen LogP contribution in [-0.4, -0.2) is 13.0 Å². The van der Waals surface area contributed by atoms with E-state index in [1.165, 1.54) is 16.0 Å². The van der Waals surface area contributed by atoms with Gasteiger partial charge >= 0.3 is 0 Å². The number of benzene rings is 1. The molecule has 0 fully saturated rings. The molecule has 0 aliphatic rings. The highest BCUT2D eigenvalue weighted by molar-refractivity contribution is 7.14. The van der Waals surface area contributed by atoms with Gasteiger partial charge in [0, 0.05) is 11.4 Å². The van der Waals surface area contributed by atoms with Gasteiger partial charge in [0.05, 0.1) is 6.54 Å². The first-order valence-corrected chi connectivity index (χ1v) is 6.67. The summed E-state index contributed by atoms with van der Waals surface area (Å²) in [6.45, 7) is 2.29. The first-order valence-electron chi connectivity index (χ1n) is 5.79. The number of alkyl halides is 2. The zero-order chi connectivity index (χ0) is 13.0. The van der Waals surface area contributed by atoms with Gasteiger partial charge in [-0.1, -0.05) is 30.3 Å². The Kier molecular flexibility index (Phi) is 4.44. The number of hydrogen-bond donors (Lipinski definition) is 1. The molecule has 0 atom stereocenters. The van der Waals surface area contributed by atoms with Crippen LogP contribution in [0.15, 0.2) is 35.7 Å². The second-order valence-corrected chi connectivity index (χ2v) is 4.98. The molecule has 96 valence electrons. The molecule has 1 aromatic carbocycles. The summed E-state index contributed by atoms with van der Waals surface area (Å²) in [6.07, 6.45) is -2.29. The lowest BCUT2D eigenvalue weighted by molar-refractivity contribution is 0.145. The fourth-order valence-electron chi connectivity index (χ4n) is 1.82. The predicted octanol–water partition coefficient (Wildman–Crippen LogP) is 4.08. The molecule has 1 nitrogen and oxygen atoms in total. The van der Waals surface area contributed by atoms with Crippen LogP contribution in [0.3, 0.4) is 0 Å². The number of nitrogens with one attached hydrogen (secondary N) is 1. The third-order valence-corrected chi connectivity index (χ3v) is 3.97. The van der Waals surface area contributed by atoms with Gasteiger partial charge in [0.15, 0.2) is 0 Å². The standard InChI is InChI=1S/C14H15F2NS/c1-10-12(7-17-8-13(15)16)9-18-14(10)11-5-3-2-4-6-11/h2-6,9,13,17H,7-8H2,1H3. The zero-order valence-corrected chi connectivity index (χ0v) is 10.9. The van der Waals surface area contributed by atoms with Crippen molar-refractivity contribution in [3.63, 3.8) is 0 Å². The van der Waals surface area contributed by atoms with Crippen molar-refractivity contribution in [3.8, 4) is 10.4 Å². The molecule has 0 aliphatic carbocycles. The largest absolute Gasteiger partial charge is 0.307 e. The van der Waals surface area contributed by atoms with Gasteiger partial charge in [-0.25, -0.2) is 8.78 Å². The van der Waals surface area contributed by atoms with Crippen LogP contribution in [0.2, 0.25) is 0 Å². The lowest BCUT2D eigenvalue weighted by Gasteiger charge is -2.04. The Hall–Kier alpha value is -1.26. The molecule has 0 amide bonds. The molecule has 18 heavy (non-hydrogen) atoms. The van der Waals surface area contributed by atoms with Crippen molar-refractivity contribution >= 4 is 11.3 Å². The van der Waals surface area contributed by atoms with E-state index in [0.29, 0.717) is 6.54 Å². The predicted molar refractivity (Wildman–Crippen MR) is 72.2 cm³/mol. The molecule has 1 heterocycles. The highest BCUT2D eigenvalue weighted by atomic mass is 32.1. The number of thiophene rings is 1. The minimum absolute atomic E-state index is 0.254. The van der Waals surface area contributed by atoms with Gasteiger partial charge in [0.2, 0.25) is 0 Å². The average Bonchev–Trinajstić information content (AvgIpc) is 2.72. The molecule has 2 rings (SSSR count). The lowest BCUT2D eigenvalue weighted by atomic mass is 10.1. The molecule has 0 bridgehead atoms. The van der Waals surface area contributed by atoms with Crippen LogP contribution in [0, 0.1) is 6.92 Å². The minimum atomic E-state index is -2.29. The minimum Gasteiger partial charge on any atom is -0.307 e. The molecule has 0 radical (unpaired) electrons. The summed E-state index contributed by atoms with van der Waals surface area (Å²) >= 11 is 1.66. The molecular formula is C14H15F2NS. The van der Waals surface area contributed by atoms with Gasteiger partial charge in [-0.3, -0.25) is 0 Å². The fraction of sp³-hybridized carbons (Fsp3) is 0.286. The summed E-state index contributed by atoms with van der Waals surface area (Å²) in [5.41, 5.74) is 3.45. The molecule has 0 spiro atoms. The summed E-state index contributed by atoms with van der Waals surface area (Å²) in [6, 6.07) is 10.1. The second kappa shape index (κ2) is 6.07. The van der Waals surface area contributed by atoms with E-state index >= 15 is 0 Å². The highest BCUT2D eigenvalue weighted by Gasteiger charge is 2.09. The molecule has 0 saturated heterocycles. The highest BCUT2D eigenvalue weighted by Crippen LogP contribution is 2.31. The van der Waals surface area contributed by atoms with Crippen molar-refractivity contribution in [3.05, 3.63) is 46.8 Å². The van der Waals surface area contributed by atoms with E-state index in [0.717, 1.165) is 5.56 Å². The Labute approximate surface area is 109 Å². The van der Waals surface area contributed by atoms with Crippen LogP contribution < -0.4 is 5.32 Å². The topological polar surface area (TPSA) is 12.0 Å². The molecule has 0 unspecified atom stereocenters. The molecule has 1 N–H and O–H groups in total. The van der Waals surface area contributed by atoms with E-state index in [4.69, 9.17) is 0 Å². The Balaban J connectivity index is 2.09. The van der Waals surface area contributed by atoms with Gasteiger partial charge in [0.1, 0.15) is 0 Å². The van der Waals surface area contributed by atoms with E-state index in [1.807, 2.05) is 30.5 Å². The Bertz CT molecular complexity index is 494. The lowest BCUT2D eigenvalue weighted by Crippen LogP contribution is -2.20. The van der Waals surface area contributed by atoms with Crippen LogP contribution in [0.1, 0.15) is 11.1 Å². The number of hydrogen-bond acceptors (Lipinski definition) is 2. The van der Waals surface area contributed by atoms with Crippen LogP contribution >= 0.6 is 11.3 Å². The zero-order valence-electron chi connectivity index (χ0n) is 10.1. The molecule has 0 saturated carbocycles. The van der Waals surface area contributed by atoms with Crippen LogP contribution in [-0.2, 0) is 6.54 Å². The first-order chi connectivity index (χ1) is 8.68. The smallest absolute Gasteiger partial charge is 0.250 e. The Morgan fingerprint density at radius 3 is 2.61 bits per heavy atom. The molecule has 1 aromatic heterocycles. The van der Waals surface area contributed by atoms with E-state index in [2.05, 4.69) is 17.4 Å². The molecular weight excluding hydrogens is 252 g/mol. The summed E-state index contributed by atoms with van der Waals surface area (Å²) in [7, 11) is 0. The third-order valence-electron chi connectivity index (χ3n) is 2.79. The van der Waals surface area contributed by atoms with Crippen molar-refractivity contribution in [1.29, 1.82) is 0 Å². The molecule has 0 aliphatic heterocycles. The van der Waals surface area contributed by atoms with Crippen molar-refractivity contribution in [2.24, 2.45) is 0 Å². The molecule has 2 aromatic rings. The Morgan fingerprint density at radius 2 is 1.94 bits per heavy atom. The first kappa shape index (κ1) is 13.2. The van der Waals surface area contributed by atoms with E-state index in [9.17, 15) is 8.78 Å². The van der Waals surface area contributed by atoms with Gasteiger partial charge in [-0.2, -0.15) is 0 Å². The number of halogens is 2. The van der Waals surface area contributed by atoms with Crippen LogP contribution in [0.5, 0.6) is 0 Å². The van der Waals surface area contributed by atoms with E-state index in [-0.39, 0.29) is 6.54 Å². The maximum atomic E-state index is 12.0. The number of rotatable bonds is 5. The van der Waals surface area contributed by atoms with Crippen molar-refractivity contribution < 1.29 is 8.78 Å². The molecule has 4 heteroatoms. The summed E-state index contributed by atoms with van der Waals surface area (Å²) < 4.78 is 24.1. The van der Waals surface area contributed by atoms with Crippen LogP contribution in [0.4, 0.5) is 8.78 Å². The fourth-order valence-corrected chi connectivity index (χ4v) is 2.92. The Morgan fingerprint density at radius 1 is 1.22 bits per heavy atom. The maximum absolute atomic E-state index is 12.0.